The molecule has 0 unspecified atom stereocenters. The fourth-order valence-electron chi connectivity index (χ4n) is 3.62. The molecule has 0 amide bonds. The molecular weight excluding hydrogens is 462 g/mol. The zero-order chi connectivity index (χ0) is 25.3. The van der Waals surface area contributed by atoms with E-state index in [1.54, 1.807) is 0 Å². The number of carbonyl (C=O) groups is 2. The Morgan fingerprint density at radius 1 is 0.657 bits per heavy atom. The molecule has 0 radical (unpaired) electrons. The molecule has 4 aromatic rings. The summed E-state index contributed by atoms with van der Waals surface area (Å²) >= 11 is 0. The second kappa shape index (κ2) is 9.18. The number of nitrogens with zero attached hydrogens (tertiary/aromatic N) is 2. The highest BCUT2D eigenvalue weighted by Crippen LogP contribution is 2.36. The normalized spacial score (nSPS) is 10.8. The molecule has 4 N–H and O–H groups in total. The lowest BCUT2D eigenvalue weighted by molar-refractivity contribution is 0.0682. The van der Waals surface area contributed by atoms with E-state index in [4.69, 9.17) is 0 Å². The highest BCUT2D eigenvalue weighted by molar-refractivity contribution is 5.94. The van der Waals surface area contributed by atoms with Gasteiger partial charge in [-0.05, 0) is 70.8 Å². The first-order valence-electron chi connectivity index (χ1n) is 10.1. The number of hydrogen-bond donors (Lipinski definition) is 4. The van der Waals surface area contributed by atoms with Gasteiger partial charge in [0.05, 0.1) is 0 Å². The maximum absolute atomic E-state index is 13.2. The van der Waals surface area contributed by atoms with Crippen molar-refractivity contribution in [2.75, 3.05) is 0 Å². The summed E-state index contributed by atoms with van der Waals surface area (Å²) in [5.41, 5.74) is 0.584. The van der Waals surface area contributed by atoms with Crippen molar-refractivity contribution in [3.63, 3.8) is 0 Å². The number of hydrogen-bond acceptors (Lipinski definition) is 6. The first-order valence-corrected chi connectivity index (χ1v) is 10.1. The lowest BCUT2D eigenvalue weighted by Gasteiger charge is -2.14. The topological polar surface area (TPSA) is 141 Å². The number of benzene rings is 2. The van der Waals surface area contributed by atoms with Crippen LogP contribution in [-0.2, 0) is 6.42 Å². The Hall–Kier alpha value is -4.86. The lowest BCUT2D eigenvalue weighted by Crippen LogP contribution is -2.04. The molecule has 0 saturated carbocycles. The molecule has 176 valence electrons. The zero-order valence-corrected chi connectivity index (χ0v) is 17.7. The van der Waals surface area contributed by atoms with E-state index in [0.29, 0.717) is 22.3 Å². The van der Waals surface area contributed by atoms with Crippen molar-refractivity contribution in [3.05, 3.63) is 95.1 Å². The van der Waals surface area contributed by atoms with Crippen molar-refractivity contribution in [1.29, 1.82) is 0 Å². The van der Waals surface area contributed by atoms with Gasteiger partial charge in [0.25, 0.3) is 0 Å². The van der Waals surface area contributed by atoms with Crippen LogP contribution in [0.3, 0.4) is 0 Å². The van der Waals surface area contributed by atoms with Gasteiger partial charge < -0.3 is 20.4 Å². The highest BCUT2D eigenvalue weighted by Gasteiger charge is 2.21. The molecule has 0 atom stereocenters. The van der Waals surface area contributed by atoms with Crippen LogP contribution in [0, 0.1) is 11.9 Å². The smallest absolute Gasteiger partial charge is 0.339 e. The van der Waals surface area contributed by atoms with Crippen LogP contribution in [-0.4, -0.2) is 42.3 Å². The standard InChI is InChI=1S/C25H16F2N2O6/c26-20-3-1-12(10-28-20)14-5-16(22(30)18(8-14)24(32)33)7-17-6-15(9-19(23(17)31)25(34)35)13-2-4-21(27)29-11-13/h1-6,8-11,30-31H,7H2,(H,32,33)(H,34,35). The summed E-state index contributed by atoms with van der Waals surface area (Å²) in [6.07, 6.45) is 2.13. The van der Waals surface area contributed by atoms with Crippen LogP contribution >= 0.6 is 0 Å². The largest absolute Gasteiger partial charge is 0.507 e. The van der Waals surface area contributed by atoms with E-state index >= 15 is 0 Å². The highest BCUT2D eigenvalue weighted by atomic mass is 19.1. The van der Waals surface area contributed by atoms with Crippen molar-refractivity contribution in [3.8, 4) is 33.8 Å². The number of halogens is 2. The molecule has 0 saturated heterocycles. The SMILES string of the molecule is O=C(O)c1cc(-c2ccc(F)nc2)cc(Cc2cc(-c3ccc(F)nc3)cc(C(=O)O)c2O)c1O. The number of aromatic carboxylic acids is 2. The van der Waals surface area contributed by atoms with Crippen LogP contribution < -0.4 is 0 Å². The number of aromatic nitrogens is 2. The van der Waals surface area contributed by atoms with Crippen molar-refractivity contribution < 1.29 is 38.8 Å². The van der Waals surface area contributed by atoms with Crippen molar-refractivity contribution in [2.45, 2.75) is 6.42 Å². The van der Waals surface area contributed by atoms with Crippen LogP contribution in [0.15, 0.2) is 60.9 Å². The summed E-state index contributed by atoms with van der Waals surface area (Å²) in [7, 11) is 0. The average Bonchev–Trinajstić information content (AvgIpc) is 2.82. The molecule has 0 aliphatic rings. The van der Waals surface area contributed by atoms with Gasteiger partial charge in [-0.25, -0.2) is 19.6 Å². The van der Waals surface area contributed by atoms with E-state index in [-0.39, 0.29) is 17.5 Å². The molecule has 35 heavy (non-hydrogen) atoms. The van der Waals surface area contributed by atoms with Gasteiger partial charge in [-0.2, -0.15) is 8.78 Å². The Morgan fingerprint density at radius 2 is 1.06 bits per heavy atom. The van der Waals surface area contributed by atoms with Gasteiger partial charge in [0, 0.05) is 29.9 Å². The van der Waals surface area contributed by atoms with Gasteiger partial charge in [0.2, 0.25) is 11.9 Å². The van der Waals surface area contributed by atoms with Crippen molar-refractivity contribution in [1.82, 2.24) is 9.97 Å². The first-order chi connectivity index (χ1) is 16.6. The maximum Gasteiger partial charge on any atom is 0.339 e. The quantitative estimate of drug-likeness (QED) is 0.297. The molecule has 2 aromatic heterocycles. The molecule has 2 heterocycles. The second-order valence-electron chi connectivity index (χ2n) is 7.59. The summed E-state index contributed by atoms with van der Waals surface area (Å²) < 4.78 is 26.5. The van der Waals surface area contributed by atoms with Gasteiger partial charge >= 0.3 is 11.9 Å². The fraction of sp³-hybridized carbons (Fsp3) is 0.0400. The van der Waals surface area contributed by atoms with Gasteiger partial charge in [-0.15, -0.1) is 0 Å². The summed E-state index contributed by atoms with van der Waals surface area (Å²) in [6, 6.07) is 10.2. The van der Waals surface area contributed by atoms with E-state index < -0.39 is 46.5 Å². The molecule has 8 nitrogen and oxygen atoms in total. The number of carboxylic acid groups (broad SMARTS) is 2. The summed E-state index contributed by atoms with van der Waals surface area (Å²) in [4.78, 5) is 30.6. The summed E-state index contributed by atoms with van der Waals surface area (Å²) in [5, 5.41) is 40.3. The maximum atomic E-state index is 13.2. The third-order valence-corrected chi connectivity index (χ3v) is 5.34. The minimum absolute atomic E-state index is 0.0604. The molecule has 0 fully saturated rings. The molecule has 0 aliphatic heterocycles. The Kier molecular flexibility index (Phi) is 6.11. The first kappa shape index (κ1) is 23.3. The molecule has 10 heteroatoms. The molecule has 4 rings (SSSR count). The van der Waals surface area contributed by atoms with Crippen LogP contribution in [0.2, 0.25) is 0 Å². The van der Waals surface area contributed by atoms with E-state index in [2.05, 4.69) is 9.97 Å². The Morgan fingerprint density at radius 3 is 1.37 bits per heavy atom. The third-order valence-electron chi connectivity index (χ3n) is 5.34. The van der Waals surface area contributed by atoms with Gasteiger partial charge in [-0.1, -0.05) is 0 Å². The number of pyridine rings is 2. The van der Waals surface area contributed by atoms with Crippen LogP contribution in [0.1, 0.15) is 31.8 Å². The molecule has 0 bridgehead atoms. The molecular formula is C25H16F2N2O6. The van der Waals surface area contributed by atoms with Crippen molar-refractivity contribution in [2.24, 2.45) is 0 Å². The van der Waals surface area contributed by atoms with Crippen LogP contribution in [0.25, 0.3) is 22.3 Å². The molecule has 0 aliphatic carbocycles. The van der Waals surface area contributed by atoms with Crippen LogP contribution in [0.5, 0.6) is 11.5 Å². The Balaban J connectivity index is 1.87. The molecule has 0 spiro atoms. The fourth-order valence-corrected chi connectivity index (χ4v) is 3.62. The minimum atomic E-state index is -1.43. The summed E-state index contributed by atoms with van der Waals surface area (Å²) in [6.45, 7) is 0. The van der Waals surface area contributed by atoms with E-state index in [1.807, 2.05) is 0 Å². The predicted molar refractivity (Wildman–Crippen MR) is 119 cm³/mol. The number of rotatable bonds is 6. The Bertz CT molecular complexity index is 1340. The van der Waals surface area contributed by atoms with E-state index in [0.717, 1.165) is 12.1 Å². The lowest BCUT2D eigenvalue weighted by atomic mass is 9.92. The third kappa shape index (κ3) is 4.76. The van der Waals surface area contributed by atoms with Crippen LogP contribution in [0.4, 0.5) is 8.78 Å². The monoisotopic (exact) mass is 478 g/mol. The van der Waals surface area contributed by atoms with E-state index in [9.17, 15) is 38.8 Å². The number of phenols is 2. The summed E-state index contributed by atoms with van der Waals surface area (Å²) in [5.74, 6) is -5.48. The zero-order valence-electron chi connectivity index (χ0n) is 17.7. The van der Waals surface area contributed by atoms with Crippen molar-refractivity contribution >= 4 is 11.9 Å². The Labute approximate surface area is 196 Å². The molecule has 2 aromatic carbocycles. The van der Waals surface area contributed by atoms with Gasteiger partial charge in [-0.3, -0.25) is 0 Å². The second-order valence-corrected chi connectivity index (χ2v) is 7.59. The van der Waals surface area contributed by atoms with E-state index in [1.165, 1.54) is 48.8 Å². The van der Waals surface area contributed by atoms with Gasteiger partial charge in [0.1, 0.15) is 22.6 Å². The predicted octanol–water partition coefficient (Wildman–Crippen LogP) is 4.49. The van der Waals surface area contributed by atoms with Gasteiger partial charge in [0.15, 0.2) is 0 Å². The average molecular weight is 478 g/mol. The minimum Gasteiger partial charge on any atom is -0.507 e. The number of carboxylic acids is 2. The number of aromatic hydroxyl groups is 2.